The van der Waals surface area contributed by atoms with Gasteiger partial charge in [0.2, 0.25) is 0 Å². The third kappa shape index (κ3) is 3.62. The second-order valence-electron chi connectivity index (χ2n) is 3.53. The van der Waals surface area contributed by atoms with Crippen LogP contribution < -0.4 is 0 Å². The van der Waals surface area contributed by atoms with Crippen molar-refractivity contribution in [1.82, 2.24) is 0 Å². The molecule has 0 unspecified atom stereocenters. The lowest BCUT2D eigenvalue weighted by molar-refractivity contribution is 1.26. The van der Waals surface area contributed by atoms with Gasteiger partial charge in [0.25, 0.3) is 0 Å². The lowest BCUT2D eigenvalue weighted by Gasteiger charge is -1.95. The summed E-state index contributed by atoms with van der Waals surface area (Å²) in [6.07, 6.45) is 3.44. The van der Waals surface area contributed by atoms with E-state index >= 15 is 0 Å². The zero-order valence-electron chi connectivity index (χ0n) is 9.42. The van der Waals surface area contributed by atoms with Crippen molar-refractivity contribution < 1.29 is 0 Å². The maximum atomic E-state index is 4.03. The van der Waals surface area contributed by atoms with E-state index in [1.54, 1.807) is 12.4 Å². The molecule has 18 heavy (non-hydrogen) atoms. The molecule has 0 N–H and O–H groups in total. The predicted octanol–water partition coefficient (Wildman–Crippen LogP) is 4.66. The summed E-state index contributed by atoms with van der Waals surface area (Å²) in [5.74, 6) is 0. The first-order chi connectivity index (χ1) is 8.77. The maximum absolute atomic E-state index is 4.03. The van der Waals surface area contributed by atoms with Gasteiger partial charge >= 0.3 is 0 Å². The molecule has 90 valence electrons. The van der Waals surface area contributed by atoms with Gasteiger partial charge in [-0.2, -0.15) is 10.2 Å². The highest BCUT2D eigenvalue weighted by Crippen LogP contribution is 2.14. The SMILES string of the molecule is Brc1ccccc1/C=N/N=C/c1ccccc1Br. The van der Waals surface area contributed by atoms with E-state index in [0.717, 1.165) is 20.1 Å². The summed E-state index contributed by atoms with van der Waals surface area (Å²) in [5.41, 5.74) is 2.00. The number of halogens is 2. The van der Waals surface area contributed by atoms with Crippen LogP contribution in [0.1, 0.15) is 11.1 Å². The molecule has 4 heteroatoms. The smallest absolute Gasteiger partial charge is 0.0579 e. The Hall–Kier alpha value is -1.26. The molecule has 2 aromatic rings. The lowest BCUT2D eigenvalue weighted by Crippen LogP contribution is -1.83. The molecular formula is C14H10Br2N2. The van der Waals surface area contributed by atoms with Crippen molar-refractivity contribution in [2.24, 2.45) is 10.2 Å². The zero-order chi connectivity index (χ0) is 12.8. The molecule has 0 amide bonds. The van der Waals surface area contributed by atoms with Crippen molar-refractivity contribution in [2.75, 3.05) is 0 Å². The Kier molecular flexibility index (Phi) is 4.84. The molecule has 0 bridgehead atoms. The van der Waals surface area contributed by atoms with Gasteiger partial charge in [0.1, 0.15) is 0 Å². The Morgan fingerprint density at radius 3 is 1.44 bits per heavy atom. The first kappa shape index (κ1) is 13.2. The molecule has 0 aliphatic carbocycles. The van der Waals surface area contributed by atoms with Crippen molar-refractivity contribution in [3.63, 3.8) is 0 Å². The van der Waals surface area contributed by atoms with Crippen LogP contribution in [0.25, 0.3) is 0 Å². The van der Waals surface area contributed by atoms with Crippen molar-refractivity contribution in [3.05, 3.63) is 68.6 Å². The lowest BCUT2D eigenvalue weighted by atomic mass is 10.2. The molecule has 0 saturated carbocycles. The third-order valence-electron chi connectivity index (χ3n) is 2.27. The first-order valence-corrected chi connectivity index (χ1v) is 6.91. The maximum Gasteiger partial charge on any atom is 0.0579 e. The van der Waals surface area contributed by atoms with Crippen LogP contribution in [0.3, 0.4) is 0 Å². The largest absolute Gasteiger partial charge is 0.158 e. The zero-order valence-corrected chi connectivity index (χ0v) is 12.6. The quantitative estimate of drug-likeness (QED) is 0.558. The van der Waals surface area contributed by atoms with E-state index < -0.39 is 0 Å². The Bertz CT molecular complexity index is 538. The molecule has 2 rings (SSSR count). The van der Waals surface area contributed by atoms with Gasteiger partial charge in [0, 0.05) is 20.1 Å². The summed E-state index contributed by atoms with van der Waals surface area (Å²) in [5, 5.41) is 8.06. The molecule has 0 aliphatic heterocycles. The van der Waals surface area contributed by atoms with Crippen molar-refractivity contribution in [1.29, 1.82) is 0 Å². The van der Waals surface area contributed by atoms with Gasteiger partial charge in [-0.25, -0.2) is 0 Å². The Morgan fingerprint density at radius 2 is 1.06 bits per heavy atom. The average molecular weight is 366 g/mol. The van der Waals surface area contributed by atoms with Gasteiger partial charge < -0.3 is 0 Å². The highest BCUT2D eigenvalue weighted by molar-refractivity contribution is 9.10. The highest BCUT2D eigenvalue weighted by atomic mass is 79.9. The van der Waals surface area contributed by atoms with Crippen molar-refractivity contribution >= 4 is 44.3 Å². The summed E-state index contributed by atoms with van der Waals surface area (Å²) in [6, 6.07) is 15.7. The van der Waals surface area contributed by atoms with Crippen LogP contribution in [0.5, 0.6) is 0 Å². The van der Waals surface area contributed by atoms with Crippen LogP contribution in [-0.4, -0.2) is 12.4 Å². The Balaban J connectivity index is 2.08. The minimum Gasteiger partial charge on any atom is -0.158 e. The van der Waals surface area contributed by atoms with Crippen LogP contribution in [0.4, 0.5) is 0 Å². The molecule has 0 aromatic heterocycles. The second kappa shape index (κ2) is 6.61. The minimum absolute atomic E-state index is 1.00. The molecule has 2 aromatic carbocycles. The average Bonchev–Trinajstić information content (AvgIpc) is 2.38. The van der Waals surface area contributed by atoms with E-state index in [1.165, 1.54) is 0 Å². The van der Waals surface area contributed by atoms with Crippen LogP contribution in [0.2, 0.25) is 0 Å². The second-order valence-corrected chi connectivity index (χ2v) is 5.24. The monoisotopic (exact) mass is 364 g/mol. The summed E-state index contributed by atoms with van der Waals surface area (Å²) in [6.45, 7) is 0. The molecule has 0 spiro atoms. The summed E-state index contributed by atoms with van der Waals surface area (Å²) >= 11 is 6.91. The highest BCUT2D eigenvalue weighted by Gasteiger charge is 1.94. The normalized spacial score (nSPS) is 11.4. The third-order valence-corrected chi connectivity index (χ3v) is 3.72. The van der Waals surface area contributed by atoms with E-state index in [4.69, 9.17) is 0 Å². The Labute approximate surface area is 123 Å². The fourth-order valence-electron chi connectivity index (χ4n) is 1.35. The van der Waals surface area contributed by atoms with Gasteiger partial charge in [-0.15, -0.1) is 0 Å². The molecule has 0 atom stereocenters. The fourth-order valence-corrected chi connectivity index (χ4v) is 2.12. The van der Waals surface area contributed by atoms with Gasteiger partial charge in [-0.1, -0.05) is 68.3 Å². The number of hydrogen-bond acceptors (Lipinski definition) is 2. The van der Waals surface area contributed by atoms with E-state index in [1.807, 2.05) is 48.5 Å². The van der Waals surface area contributed by atoms with Gasteiger partial charge in [0.15, 0.2) is 0 Å². The number of hydrogen-bond donors (Lipinski definition) is 0. The Morgan fingerprint density at radius 1 is 0.667 bits per heavy atom. The van der Waals surface area contributed by atoms with Crippen molar-refractivity contribution in [3.8, 4) is 0 Å². The summed E-state index contributed by atoms with van der Waals surface area (Å²) in [4.78, 5) is 0. The van der Waals surface area contributed by atoms with E-state index in [-0.39, 0.29) is 0 Å². The van der Waals surface area contributed by atoms with Crippen LogP contribution >= 0.6 is 31.9 Å². The predicted molar refractivity (Wildman–Crippen MR) is 83.5 cm³/mol. The van der Waals surface area contributed by atoms with Crippen LogP contribution in [0, 0.1) is 0 Å². The van der Waals surface area contributed by atoms with E-state index in [0.29, 0.717) is 0 Å². The number of nitrogens with zero attached hydrogens (tertiary/aromatic N) is 2. The molecular weight excluding hydrogens is 356 g/mol. The fraction of sp³-hybridized carbons (Fsp3) is 0. The van der Waals surface area contributed by atoms with Crippen LogP contribution in [-0.2, 0) is 0 Å². The molecule has 2 nitrogen and oxygen atoms in total. The van der Waals surface area contributed by atoms with Crippen LogP contribution in [0.15, 0.2) is 67.7 Å². The van der Waals surface area contributed by atoms with Gasteiger partial charge in [0.05, 0.1) is 12.4 Å². The first-order valence-electron chi connectivity index (χ1n) is 5.33. The molecule has 0 fully saturated rings. The number of rotatable bonds is 3. The molecule has 0 heterocycles. The molecule has 0 saturated heterocycles. The molecule has 0 aliphatic rings. The van der Waals surface area contributed by atoms with Gasteiger partial charge in [-0.05, 0) is 12.1 Å². The van der Waals surface area contributed by atoms with Gasteiger partial charge in [-0.3, -0.25) is 0 Å². The van der Waals surface area contributed by atoms with E-state index in [2.05, 4.69) is 42.1 Å². The van der Waals surface area contributed by atoms with Crippen molar-refractivity contribution in [2.45, 2.75) is 0 Å². The standard InChI is InChI=1S/C14H10Br2N2/c15-13-7-3-1-5-11(13)9-17-18-10-12-6-2-4-8-14(12)16/h1-10H/b17-9+,18-10+. The summed E-state index contributed by atoms with van der Waals surface area (Å²) < 4.78 is 2.01. The van der Waals surface area contributed by atoms with E-state index in [9.17, 15) is 0 Å². The summed E-state index contributed by atoms with van der Waals surface area (Å²) in [7, 11) is 0. The topological polar surface area (TPSA) is 24.7 Å². The number of benzene rings is 2. The minimum atomic E-state index is 1.00. The molecule has 0 radical (unpaired) electrons.